The lowest BCUT2D eigenvalue weighted by molar-refractivity contribution is 0.0165. The number of piperidine rings is 1. The van der Waals surface area contributed by atoms with Crippen LogP contribution in [0.5, 0.6) is 0 Å². The summed E-state index contributed by atoms with van der Waals surface area (Å²) >= 11 is 6.27. The van der Waals surface area contributed by atoms with E-state index in [0.717, 1.165) is 14.4 Å². The molecule has 0 N–H and O–H groups in total. The molecule has 0 saturated carbocycles. The van der Waals surface area contributed by atoms with Gasteiger partial charge in [-0.25, -0.2) is 17.2 Å². The van der Waals surface area contributed by atoms with E-state index in [4.69, 9.17) is 20.5 Å². The van der Waals surface area contributed by atoms with Gasteiger partial charge >= 0.3 is 6.09 Å². The normalized spacial score (nSPS) is 20.5. The molecule has 1 aliphatic heterocycles. The Morgan fingerprint density at radius 2 is 1.92 bits per heavy atom. The summed E-state index contributed by atoms with van der Waals surface area (Å²) in [6.07, 6.45) is 1.30. The third-order valence-corrected chi connectivity index (χ3v) is 8.02. The van der Waals surface area contributed by atoms with Crippen LogP contribution in [0, 0.1) is 12.8 Å². The fraction of sp³-hybridized carbons (Fsp3) is 0.480. The van der Waals surface area contributed by atoms with Crippen LogP contribution in [0.15, 0.2) is 41.4 Å². The first-order valence-corrected chi connectivity index (χ1v) is 13.4. The van der Waals surface area contributed by atoms with Crippen molar-refractivity contribution in [2.45, 2.75) is 57.6 Å². The third-order valence-electron chi connectivity index (χ3n) is 6.17. The van der Waals surface area contributed by atoms with E-state index in [-0.39, 0.29) is 39.5 Å². The number of nitrogens with zero attached hydrogens (tertiary/aromatic N) is 5. The molecule has 1 aromatic carbocycles. The van der Waals surface area contributed by atoms with E-state index in [2.05, 4.69) is 9.97 Å². The highest BCUT2D eigenvalue weighted by Gasteiger charge is 2.35. The number of anilines is 1. The molecule has 4 rings (SSSR count). The summed E-state index contributed by atoms with van der Waals surface area (Å²) in [5.74, 6) is -0.183. The minimum absolute atomic E-state index is 0.0363. The largest absolute Gasteiger partial charge is 0.444 e. The van der Waals surface area contributed by atoms with Gasteiger partial charge in [0, 0.05) is 30.4 Å². The van der Waals surface area contributed by atoms with Gasteiger partial charge in [0.2, 0.25) is 5.28 Å². The van der Waals surface area contributed by atoms with Crippen molar-refractivity contribution in [2.75, 3.05) is 25.0 Å². The van der Waals surface area contributed by atoms with Crippen LogP contribution in [0.2, 0.25) is 5.28 Å². The van der Waals surface area contributed by atoms with Crippen molar-refractivity contribution in [3.8, 4) is 0 Å². The number of hydrogen-bond acceptors (Lipinski definition) is 7. The van der Waals surface area contributed by atoms with Gasteiger partial charge in [0.15, 0.2) is 5.65 Å². The number of aryl methyl sites for hydroxylation is 1. The molecule has 2 unspecified atom stereocenters. The van der Waals surface area contributed by atoms with Gasteiger partial charge in [0.05, 0.1) is 16.3 Å². The number of ether oxygens (including phenoxy) is 1. The zero-order valence-electron chi connectivity index (χ0n) is 23.9. The Balaban J connectivity index is 1.82. The fourth-order valence-corrected chi connectivity index (χ4v) is 5.64. The minimum atomic E-state index is -4.07. The number of likely N-dealkylation sites (tertiary alicyclic amines) is 1. The number of amides is 1. The summed E-state index contributed by atoms with van der Waals surface area (Å²) in [6.45, 7) is 6.82. The Labute approximate surface area is 221 Å². The van der Waals surface area contributed by atoms with Gasteiger partial charge in [-0.15, -0.1) is 0 Å². The van der Waals surface area contributed by atoms with Gasteiger partial charge in [-0.3, -0.25) is 0 Å². The second-order valence-electron chi connectivity index (χ2n) is 10.1. The van der Waals surface area contributed by atoms with Crippen LogP contribution in [-0.2, 0) is 14.8 Å². The molecule has 36 heavy (non-hydrogen) atoms. The van der Waals surface area contributed by atoms with Gasteiger partial charge in [0.1, 0.15) is 11.4 Å². The first kappa shape index (κ1) is 22.4. The summed E-state index contributed by atoms with van der Waals surface area (Å²) in [6, 6.07) is 7.12. The predicted octanol–water partition coefficient (Wildman–Crippen LogP) is 4.71. The molecule has 3 aromatic rings. The molecule has 1 amide bonds. The van der Waals surface area contributed by atoms with Crippen molar-refractivity contribution in [2.24, 2.45) is 5.92 Å². The Kier molecular flexibility index (Phi) is 5.93. The molecular formula is C25H32ClN5O4S. The number of carbonyl (C=O) groups excluding carboxylic acids is 1. The number of halogens is 1. The summed E-state index contributed by atoms with van der Waals surface area (Å²) < 4.78 is 58.6. The van der Waals surface area contributed by atoms with Gasteiger partial charge in [0.25, 0.3) is 10.0 Å². The van der Waals surface area contributed by atoms with E-state index in [1.54, 1.807) is 32.9 Å². The number of benzene rings is 1. The van der Waals surface area contributed by atoms with Crippen molar-refractivity contribution in [1.29, 1.82) is 0 Å². The van der Waals surface area contributed by atoms with Crippen LogP contribution in [0.1, 0.15) is 43.8 Å². The van der Waals surface area contributed by atoms with Crippen LogP contribution >= 0.6 is 11.6 Å². The van der Waals surface area contributed by atoms with Gasteiger partial charge in [-0.2, -0.15) is 9.97 Å². The lowest BCUT2D eigenvalue weighted by atomic mass is 9.92. The number of rotatable bonds is 4. The molecule has 194 valence electrons. The van der Waals surface area contributed by atoms with Crippen molar-refractivity contribution >= 4 is 44.6 Å². The standard InChI is InChI=1S/C25H32ClN5O4S/c1-16-7-9-18(10-8-16)36(33,34)31-14-12-19-21(27-23(26)28-22(19)31)29(6)20-15-30(13-11-17(20)2)24(32)35-25(3,4)5/h7-10,12,14,17,20H,11,13,15H2,1-6H3/i6D3. The third kappa shape index (κ3) is 5.15. The smallest absolute Gasteiger partial charge is 0.410 e. The van der Waals surface area contributed by atoms with E-state index >= 15 is 0 Å². The highest BCUT2D eigenvalue weighted by Crippen LogP contribution is 2.32. The maximum Gasteiger partial charge on any atom is 0.410 e. The van der Waals surface area contributed by atoms with Crippen molar-refractivity contribution in [3.05, 3.63) is 47.4 Å². The molecule has 1 fully saturated rings. The molecule has 0 spiro atoms. The molecule has 9 nitrogen and oxygen atoms in total. The molecule has 2 atom stereocenters. The predicted molar refractivity (Wildman–Crippen MR) is 140 cm³/mol. The highest BCUT2D eigenvalue weighted by molar-refractivity contribution is 7.90. The first-order chi connectivity index (χ1) is 18.0. The maximum atomic E-state index is 13.5. The highest BCUT2D eigenvalue weighted by atomic mass is 35.5. The van der Waals surface area contributed by atoms with Crippen molar-refractivity contribution in [3.63, 3.8) is 0 Å². The summed E-state index contributed by atoms with van der Waals surface area (Å²) in [7, 11) is -4.07. The zero-order valence-corrected chi connectivity index (χ0v) is 22.5. The average molecular weight is 537 g/mol. The molecule has 0 bridgehead atoms. The molecule has 11 heteroatoms. The fourth-order valence-electron chi connectivity index (χ4n) is 4.19. The number of carbonyl (C=O) groups is 1. The molecule has 1 saturated heterocycles. The lowest BCUT2D eigenvalue weighted by Gasteiger charge is -2.42. The molecular weight excluding hydrogens is 502 g/mol. The monoisotopic (exact) mass is 536 g/mol. The summed E-state index contributed by atoms with van der Waals surface area (Å²) in [5.41, 5.74) is 0.138. The minimum Gasteiger partial charge on any atom is -0.444 e. The van der Waals surface area contributed by atoms with Crippen LogP contribution < -0.4 is 4.90 Å². The molecule has 0 radical (unpaired) electrons. The van der Waals surface area contributed by atoms with Crippen LogP contribution in [-0.4, -0.2) is 65.1 Å². The maximum absolute atomic E-state index is 13.5. The second kappa shape index (κ2) is 9.55. The van der Waals surface area contributed by atoms with E-state index in [1.165, 1.54) is 29.3 Å². The zero-order chi connectivity index (χ0) is 28.9. The Bertz CT molecular complexity index is 1490. The average Bonchev–Trinajstić information content (AvgIpc) is 3.23. The van der Waals surface area contributed by atoms with Crippen LogP contribution in [0.4, 0.5) is 10.6 Å². The van der Waals surface area contributed by atoms with Gasteiger partial charge in [-0.05, 0) is 69.8 Å². The summed E-state index contributed by atoms with van der Waals surface area (Å²) in [4.78, 5) is 23.9. The van der Waals surface area contributed by atoms with E-state index < -0.39 is 34.7 Å². The first-order valence-electron chi connectivity index (χ1n) is 13.1. The Morgan fingerprint density at radius 1 is 1.22 bits per heavy atom. The Morgan fingerprint density at radius 3 is 2.56 bits per heavy atom. The number of likely N-dealkylation sites (N-methyl/N-ethyl adjacent to an activating group) is 1. The SMILES string of the molecule is [2H]C([2H])([2H])N(c1nc(Cl)nc2c1ccn2S(=O)(=O)c1ccc(C)cc1)C1CN(C(=O)OC(C)(C)C)CCC1C. The number of fused-ring (bicyclic) bond motifs is 1. The Hall–Kier alpha value is -2.85. The van der Waals surface area contributed by atoms with E-state index in [1.807, 2.05) is 13.8 Å². The van der Waals surface area contributed by atoms with E-state index in [9.17, 15) is 13.2 Å². The van der Waals surface area contributed by atoms with Gasteiger partial charge in [-0.1, -0.05) is 24.6 Å². The summed E-state index contributed by atoms with van der Waals surface area (Å²) in [5, 5.41) is -0.105. The topological polar surface area (TPSA) is 97.6 Å². The van der Waals surface area contributed by atoms with Crippen LogP contribution in [0.25, 0.3) is 11.0 Å². The quantitative estimate of drug-likeness (QED) is 0.445. The van der Waals surface area contributed by atoms with Crippen molar-refractivity contribution < 1.29 is 22.1 Å². The number of hydrogen-bond donors (Lipinski definition) is 0. The second-order valence-corrected chi connectivity index (χ2v) is 12.3. The van der Waals surface area contributed by atoms with Crippen LogP contribution in [0.3, 0.4) is 0 Å². The molecule has 2 aromatic heterocycles. The lowest BCUT2D eigenvalue weighted by Crippen LogP contribution is -2.53. The number of aromatic nitrogens is 3. The molecule has 3 heterocycles. The van der Waals surface area contributed by atoms with Crippen molar-refractivity contribution in [1.82, 2.24) is 18.8 Å². The molecule has 1 aliphatic rings. The molecule has 0 aliphatic carbocycles. The van der Waals surface area contributed by atoms with Gasteiger partial charge < -0.3 is 14.5 Å². The van der Waals surface area contributed by atoms with E-state index in [0.29, 0.717) is 13.0 Å².